The first-order chi connectivity index (χ1) is 10.4. The molecular weight excluding hydrogens is 260 g/mol. The van der Waals surface area contributed by atoms with Crippen LogP contribution in [-0.2, 0) is 13.1 Å². The lowest BCUT2D eigenvalue weighted by atomic mass is 9.76. The second-order valence-corrected chi connectivity index (χ2v) is 5.97. The first kappa shape index (κ1) is 12.8. The van der Waals surface area contributed by atoms with Gasteiger partial charge >= 0.3 is 0 Å². The number of pyridine rings is 1. The third-order valence-electron chi connectivity index (χ3n) is 4.73. The van der Waals surface area contributed by atoms with Crippen LogP contribution in [0.5, 0.6) is 0 Å². The van der Waals surface area contributed by atoms with Gasteiger partial charge in [0, 0.05) is 37.0 Å². The summed E-state index contributed by atoms with van der Waals surface area (Å²) in [5.41, 5.74) is 5.22. The van der Waals surface area contributed by atoms with Crippen LogP contribution in [0.2, 0.25) is 0 Å². The lowest BCUT2D eigenvalue weighted by Gasteiger charge is -2.28. The van der Waals surface area contributed by atoms with Crippen molar-refractivity contribution >= 4 is 0 Å². The fraction of sp³-hybridized carbons (Fsp3) is 0.412. The number of nitrogens with zero attached hydrogens (tertiary/aromatic N) is 2. The van der Waals surface area contributed by atoms with E-state index in [1.54, 1.807) is 0 Å². The molecule has 0 aromatic carbocycles. The smallest absolute Gasteiger partial charge is 0.0748 e. The topological polar surface area (TPSA) is 53.6 Å². The third-order valence-corrected chi connectivity index (χ3v) is 4.73. The summed E-state index contributed by atoms with van der Waals surface area (Å²) >= 11 is 0. The Kier molecular flexibility index (Phi) is 3.31. The van der Waals surface area contributed by atoms with Crippen molar-refractivity contribution in [3.8, 4) is 0 Å². The molecule has 0 amide bonds. The van der Waals surface area contributed by atoms with E-state index in [9.17, 15) is 0 Å². The highest BCUT2D eigenvalue weighted by Gasteiger charge is 2.31. The first-order valence-electron chi connectivity index (χ1n) is 7.75. The largest absolute Gasteiger partial charge is 0.307 e. The van der Waals surface area contributed by atoms with E-state index in [2.05, 4.69) is 44.8 Å². The van der Waals surface area contributed by atoms with Crippen molar-refractivity contribution < 1.29 is 0 Å². The maximum Gasteiger partial charge on any atom is 0.0748 e. The average molecular weight is 280 g/mol. The molecule has 0 fully saturated rings. The Balaban J connectivity index is 1.77. The first-order valence-corrected chi connectivity index (χ1v) is 7.75. The number of aromatic amines is 1. The number of hydrogen-bond donors (Lipinski definition) is 2. The molecule has 0 radical (unpaired) electrons. The maximum atomic E-state index is 4.68. The Labute approximate surface area is 124 Å². The second kappa shape index (κ2) is 5.45. The van der Waals surface area contributed by atoms with E-state index in [0.717, 1.165) is 19.5 Å². The third kappa shape index (κ3) is 2.29. The molecule has 0 spiro atoms. The molecule has 2 N–H and O–H groups in total. The molecule has 108 valence electrons. The van der Waals surface area contributed by atoms with Crippen molar-refractivity contribution in [3.63, 3.8) is 0 Å². The zero-order valence-corrected chi connectivity index (χ0v) is 12.0. The van der Waals surface area contributed by atoms with Crippen LogP contribution in [0.1, 0.15) is 47.7 Å². The van der Waals surface area contributed by atoms with Crippen molar-refractivity contribution in [1.29, 1.82) is 0 Å². The van der Waals surface area contributed by atoms with Gasteiger partial charge in [-0.1, -0.05) is 12.2 Å². The molecule has 1 aliphatic carbocycles. The summed E-state index contributed by atoms with van der Waals surface area (Å²) < 4.78 is 0. The number of fused-ring (bicyclic) bond motifs is 1. The summed E-state index contributed by atoms with van der Waals surface area (Å²) in [6, 6.07) is 4.29. The van der Waals surface area contributed by atoms with Gasteiger partial charge in [-0.25, -0.2) is 0 Å². The van der Waals surface area contributed by atoms with Crippen LogP contribution in [0.25, 0.3) is 0 Å². The summed E-state index contributed by atoms with van der Waals surface area (Å²) in [6.45, 7) is 1.85. The van der Waals surface area contributed by atoms with E-state index >= 15 is 0 Å². The van der Waals surface area contributed by atoms with Gasteiger partial charge in [0.2, 0.25) is 0 Å². The number of hydrogen-bond acceptors (Lipinski definition) is 3. The number of rotatable bonds is 3. The van der Waals surface area contributed by atoms with Gasteiger partial charge < -0.3 is 5.32 Å². The Morgan fingerprint density at radius 1 is 1.14 bits per heavy atom. The monoisotopic (exact) mass is 280 g/mol. The van der Waals surface area contributed by atoms with Gasteiger partial charge in [0.1, 0.15) is 0 Å². The van der Waals surface area contributed by atoms with Gasteiger partial charge in [0.05, 0.1) is 11.4 Å². The lowest BCUT2D eigenvalue weighted by Crippen LogP contribution is -2.18. The normalized spacial score (nSPS) is 22.2. The summed E-state index contributed by atoms with van der Waals surface area (Å²) in [4.78, 5) is 4.17. The Bertz CT molecular complexity index is 644. The van der Waals surface area contributed by atoms with Crippen LogP contribution < -0.4 is 5.32 Å². The van der Waals surface area contributed by atoms with E-state index in [1.165, 1.54) is 35.4 Å². The van der Waals surface area contributed by atoms with Gasteiger partial charge in [-0.3, -0.25) is 10.1 Å². The van der Waals surface area contributed by atoms with Crippen molar-refractivity contribution in [2.24, 2.45) is 5.92 Å². The standard InChI is InChI=1S/C17H20N4/c1-2-4-12(5-3-1)16(13-6-8-18-9-7-13)17-14-10-19-11-15(14)20-21-17/h1-2,6-9,12,16,19H,3-5,10-11H2,(H,20,21). The molecule has 2 aliphatic rings. The van der Waals surface area contributed by atoms with Crippen LogP contribution in [0.15, 0.2) is 36.7 Å². The molecule has 2 atom stereocenters. The van der Waals surface area contributed by atoms with Crippen LogP contribution >= 0.6 is 0 Å². The van der Waals surface area contributed by atoms with E-state index in [-0.39, 0.29) is 0 Å². The molecule has 4 heteroatoms. The van der Waals surface area contributed by atoms with Gasteiger partial charge in [-0.05, 0) is 42.9 Å². The van der Waals surface area contributed by atoms with Crippen LogP contribution in [-0.4, -0.2) is 15.2 Å². The Morgan fingerprint density at radius 2 is 2.05 bits per heavy atom. The Hall–Kier alpha value is -1.94. The van der Waals surface area contributed by atoms with Gasteiger partial charge in [0.25, 0.3) is 0 Å². The summed E-state index contributed by atoms with van der Waals surface area (Å²) in [7, 11) is 0. The van der Waals surface area contributed by atoms with Crippen molar-refractivity contribution in [3.05, 3.63) is 59.2 Å². The van der Waals surface area contributed by atoms with Crippen LogP contribution in [0, 0.1) is 5.92 Å². The van der Waals surface area contributed by atoms with Crippen LogP contribution in [0.3, 0.4) is 0 Å². The average Bonchev–Trinajstić information content (AvgIpc) is 3.15. The minimum Gasteiger partial charge on any atom is -0.307 e. The summed E-state index contributed by atoms with van der Waals surface area (Å²) in [5.74, 6) is 1.00. The highest BCUT2D eigenvalue weighted by atomic mass is 15.2. The van der Waals surface area contributed by atoms with Crippen molar-refractivity contribution in [2.75, 3.05) is 0 Å². The quantitative estimate of drug-likeness (QED) is 0.850. The molecule has 4 nitrogen and oxygen atoms in total. The minimum absolute atomic E-state index is 0.373. The molecule has 4 rings (SSSR count). The van der Waals surface area contributed by atoms with Crippen molar-refractivity contribution in [2.45, 2.75) is 38.3 Å². The van der Waals surface area contributed by atoms with Crippen LogP contribution in [0.4, 0.5) is 0 Å². The minimum atomic E-state index is 0.373. The molecule has 0 bridgehead atoms. The van der Waals surface area contributed by atoms with Gasteiger partial charge in [0.15, 0.2) is 0 Å². The zero-order chi connectivity index (χ0) is 14.1. The molecular formula is C17H20N4. The Morgan fingerprint density at radius 3 is 2.86 bits per heavy atom. The summed E-state index contributed by atoms with van der Waals surface area (Å²) in [6.07, 6.45) is 12.0. The number of H-pyrrole nitrogens is 1. The fourth-order valence-corrected chi connectivity index (χ4v) is 3.67. The van der Waals surface area contributed by atoms with Gasteiger partial charge in [-0.2, -0.15) is 5.10 Å². The van der Waals surface area contributed by atoms with E-state index in [1.807, 2.05) is 12.4 Å². The second-order valence-electron chi connectivity index (χ2n) is 5.97. The highest BCUT2D eigenvalue weighted by molar-refractivity contribution is 5.38. The lowest BCUT2D eigenvalue weighted by molar-refractivity contribution is 0.420. The number of nitrogens with one attached hydrogen (secondary N) is 2. The van der Waals surface area contributed by atoms with E-state index in [4.69, 9.17) is 0 Å². The SMILES string of the molecule is C1=CCC(C(c2ccncc2)c2n[nH]c3c2CNC3)CC1. The van der Waals surface area contributed by atoms with Crippen molar-refractivity contribution in [1.82, 2.24) is 20.5 Å². The molecule has 2 unspecified atom stereocenters. The highest BCUT2D eigenvalue weighted by Crippen LogP contribution is 2.40. The predicted octanol–water partition coefficient (Wildman–Crippen LogP) is 2.90. The summed E-state index contributed by atoms with van der Waals surface area (Å²) in [5, 5.41) is 11.3. The molecule has 3 heterocycles. The fourth-order valence-electron chi connectivity index (χ4n) is 3.67. The predicted molar refractivity (Wildman–Crippen MR) is 81.7 cm³/mol. The zero-order valence-electron chi connectivity index (χ0n) is 12.0. The number of allylic oxidation sites excluding steroid dienone is 2. The molecule has 0 saturated heterocycles. The molecule has 2 aromatic heterocycles. The van der Waals surface area contributed by atoms with E-state index in [0.29, 0.717) is 11.8 Å². The van der Waals surface area contributed by atoms with Gasteiger partial charge in [-0.15, -0.1) is 0 Å². The molecule has 0 saturated carbocycles. The molecule has 21 heavy (non-hydrogen) atoms. The maximum absolute atomic E-state index is 4.68. The van der Waals surface area contributed by atoms with E-state index < -0.39 is 0 Å². The number of aromatic nitrogens is 3. The molecule has 2 aromatic rings. The molecule has 1 aliphatic heterocycles.